The second kappa shape index (κ2) is 7.01. The molecule has 0 atom stereocenters. The molecule has 1 aliphatic carbocycles. The molecule has 0 saturated heterocycles. The second-order valence-corrected chi connectivity index (χ2v) is 6.43. The van der Waals surface area contributed by atoms with Crippen molar-refractivity contribution >= 4 is 5.96 Å². The van der Waals surface area contributed by atoms with Crippen LogP contribution in [0.2, 0.25) is 0 Å². The molecule has 1 aromatic rings. The smallest absolute Gasteiger partial charge is 0.193 e. The normalized spacial score (nSPS) is 18.0. The fourth-order valence-corrected chi connectivity index (χ4v) is 3.41. The van der Waals surface area contributed by atoms with Crippen molar-refractivity contribution in [2.24, 2.45) is 17.5 Å². The van der Waals surface area contributed by atoms with E-state index in [1.807, 2.05) is 7.05 Å². The molecule has 0 bridgehead atoms. The van der Waals surface area contributed by atoms with Crippen LogP contribution in [0.4, 0.5) is 0 Å². The molecule has 1 fully saturated rings. The van der Waals surface area contributed by atoms with Crippen molar-refractivity contribution < 1.29 is 0 Å². The van der Waals surface area contributed by atoms with Crippen LogP contribution in [0.1, 0.15) is 44.7 Å². The van der Waals surface area contributed by atoms with Crippen molar-refractivity contribution in [2.75, 3.05) is 20.6 Å². The molecular weight excluding hydrogens is 260 g/mol. The fraction of sp³-hybridized carbons (Fsp3) is 0.706. The van der Waals surface area contributed by atoms with E-state index in [2.05, 4.69) is 59.1 Å². The van der Waals surface area contributed by atoms with E-state index in [1.54, 1.807) is 0 Å². The van der Waals surface area contributed by atoms with Crippen LogP contribution in [0.15, 0.2) is 23.3 Å². The SMILES string of the molecule is CCC1(CNC(=NC)N(C)Cc2cccn2C)CCCC1. The van der Waals surface area contributed by atoms with Crippen molar-refractivity contribution in [3.8, 4) is 0 Å². The van der Waals surface area contributed by atoms with Crippen molar-refractivity contribution in [3.63, 3.8) is 0 Å². The average molecular weight is 290 g/mol. The predicted octanol–water partition coefficient (Wildman–Crippen LogP) is 3.00. The molecule has 1 aliphatic rings. The molecule has 0 amide bonds. The number of rotatable bonds is 5. The third-order valence-corrected chi connectivity index (χ3v) is 5.06. The number of hydrogen-bond donors (Lipinski definition) is 1. The lowest BCUT2D eigenvalue weighted by Crippen LogP contribution is -2.43. The van der Waals surface area contributed by atoms with Crippen LogP contribution < -0.4 is 5.32 Å². The summed E-state index contributed by atoms with van der Waals surface area (Å²) in [5.74, 6) is 0.996. The molecule has 4 nitrogen and oxygen atoms in total. The van der Waals surface area contributed by atoms with Crippen molar-refractivity contribution in [1.82, 2.24) is 14.8 Å². The summed E-state index contributed by atoms with van der Waals surface area (Å²) in [4.78, 5) is 6.65. The van der Waals surface area contributed by atoms with Crippen LogP contribution in [0.5, 0.6) is 0 Å². The molecule has 0 spiro atoms. The van der Waals surface area contributed by atoms with E-state index in [1.165, 1.54) is 37.8 Å². The molecule has 0 unspecified atom stereocenters. The quantitative estimate of drug-likeness (QED) is 0.668. The predicted molar refractivity (Wildman–Crippen MR) is 89.4 cm³/mol. The number of aromatic nitrogens is 1. The van der Waals surface area contributed by atoms with Gasteiger partial charge in [-0.3, -0.25) is 4.99 Å². The molecule has 0 aliphatic heterocycles. The molecular formula is C17H30N4. The summed E-state index contributed by atoms with van der Waals surface area (Å²) in [7, 11) is 6.07. The van der Waals surface area contributed by atoms with Gasteiger partial charge in [0.25, 0.3) is 0 Å². The van der Waals surface area contributed by atoms with Gasteiger partial charge < -0.3 is 14.8 Å². The first-order valence-electron chi connectivity index (χ1n) is 8.12. The summed E-state index contributed by atoms with van der Waals surface area (Å²) >= 11 is 0. The van der Waals surface area contributed by atoms with E-state index in [9.17, 15) is 0 Å². The Balaban J connectivity index is 1.92. The number of aryl methyl sites for hydroxylation is 1. The minimum atomic E-state index is 0.488. The zero-order valence-electron chi connectivity index (χ0n) is 14.0. The Morgan fingerprint density at radius 2 is 2.14 bits per heavy atom. The number of hydrogen-bond acceptors (Lipinski definition) is 1. The molecule has 21 heavy (non-hydrogen) atoms. The lowest BCUT2D eigenvalue weighted by atomic mass is 9.83. The van der Waals surface area contributed by atoms with E-state index >= 15 is 0 Å². The first-order chi connectivity index (χ1) is 10.1. The Morgan fingerprint density at radius 1 is 1.43 bits per heavy atom. The summed E-state index contributed by atoms with van der Waals surface area (Å²) in [6.45, 7) is 4.25. The van der Waals surface area contributed by atoms with Gasteiger partial charge in [0.2, 0.25) is 0 Å². The van der Waals surface area contributed by atoms with Crippen LogP contribution in [0.25, 0.3) is 0 Å². The third-order valence-electron chi connectivity index (χ3n) is 5.06. The maximum atomic E-state index is 4.45. The van der Waals surface area contributed by atoms with Crippen LogP contribution in [0, 0.1) is 5.41 Å². The lowest BCUT2D eigenvalue weighted by molar-refractivity contribution is 0.279. The van der Waals surface area contributed by atoms with Crippen LogP contribution in [-0.4, -0.2) is 36.1 Å². The molecule has 0 aromatic carbocycles. The third kappa shape index (κ3) is 3.80. The van der Waals surface area contributed by atoms with Gasteiger partial charge in [0.05, 0.1) is 6.54 Å². The maximum absolute atomic E-state index is 4.45. The number of nitrogens with zero attached hydrogens (tertiary/aromatic N) is 3. The van der Waals surface area contributed by atoms with Crippen LogP contribution in [-0.2, 0) is 13.6 Å². The topological polar surface area (TPSA) is 32.6 Å². The second-order valence-electron chi connectivity index (χ2n) is 6.43. The van der Waals surface area contributed by atoms with Gasteiger partial charge in [0.1, 0.15) is 0 Å². The Morgan fingerprint density at radius 3 is 2.67 bits per heavy atom. The number of aliphatic imine (C=N–C) groups is 1. The summed E-state index contributed by atoms with van der Waals surface area (Å²) in [5, 5.41) is 3.60. The number of nitrogens with one attached hydrogen (secondary N) is 1. The van der Waals surface area contributed by atoms with Gasteiger partial charge in [-0.1, -0.05) is 19.8 Å². The molecule has 4 heteroatoms. The van der Waals surface area contributed by atoms with Gasteiger partial charge in [-0.25, -0.2) is 0 Å². The molecule has 2 rings (SSSR count). The standard InChI is InChI=1S/C17H30N4/c1-5-17(10-6-7-11-17)14-19-16(18-2)21(4)13-15-9-8-12-20(15)3/h8-9,12H,5-7,10-11,13-14H2,1-4H3,(H,18,19). The van der Waals surface area contributed by atoms with Gasteiger partial charge in [0.15, 0.2) is 5.96 Å². The summed E-state index contributed by atoms with van der Waals surface area (Å²) < 4.78 is 2.16. The van der Waals surface area contributed by atoms with Crippen LogP contribution in [0.3, 0.4) is 0 Å². The van der Waals surface area contributed by atoms with Crippen molar-refractivity contribution in [1.29, 1.82) is 0 Å². The summed E-state index contributed by atoms with van der Waals surface area (Å²) in [5.41, 5.74) is 1.79. The van der Waals surface area contributed by atoms with Crippen molar-refractivity contribution in [2.45, 2.75) is 45.6 Å². The largest absolute Gasteiger partial charge is 0.356 e. The Bertz CT molecular complexity index is 469. The molecule has 0 radical (unpaired) electrons. The van der Waals surface area contributed by atoms with E-state index in [0.717, 1.165) is 19.0 Å². The molecule has 1 aromatic heterocycles. The number of guanidine groups is 1. The molecule has 1 heterocycles. The summed E-state index contributed by atoms with van der Waals surface area (Å²) in [6.07, 6.45) is 8.83. The minimum absolute atomic E-state index is 0.488. The van der Waals surface area contributed by atoms with Gasteiger partial charge in [0, 0.05) is 39.6 Å². The van der Waals surface area contributed by atoms with Crippen molar-refractivity contribution in [3.05, 3.63) is 24.0 Å². The maximum Gasteiger partial charge on any atom is 0.193 e. The van der Waals surface area contributed by atoms with Gasteiger partial charge in [-0.15, -0.1) is 0 Å². The molecule has 1 saturated carbocycles. The Labute approximate surface area is 129 Å². The van der Waals surface area contributed by atoms with E-state index in [-0.39, 0.29) is 0 Å². The fourth-order valence-electron chi connectivity index (χ4n) is 3.41. The highest BCUT2D eigenvalue weighted by Crippen LogP contribution is 2.40. The van der Waals surface area contributed by atoms with E-state index in [0.29, 0.717) is 5.41 Å². The van der Waals surface area contributed by atoms with E-state index in [4.69, 9.17) is 0 Å². The summed E-state index contributed by atoms with van der Waals surface area (Å²) in [6, 6.07) is 4.25. The zero-order valence-corrected chi connectivity index (χ0v) is 14.0. The Hall–Kier alpha value is -1.45. The first kappa shape index (κ1) is 15.9. The van der Waals surface area contributed by atoms with Crippen LogP contribution >= 0.6 is 0 Å². The monoisotopic (exact) mass is 290 g/mol. The highest BCUT2D eigenvalue weighted by atomic mass is 15.3. The first-order valence-corrected chi connectivity index (χ1v) is 8.12. The minimum Gasteiger partial charge on any atom is -0.356 e. The average Bonchev–Trinajstić information content (AvgIpc) is 3.10. The lowest BCUT2D eigenvalue weighted by Gasteiger charge is -2.30. The highest BCUT2D eigenvalue weighted by Gasteiger charge is 2.32. The molecule has 1 N–H and O–H groups in total. The molecule has 118 valence electrons. The van der Waals surface area contributed by atoms with Gasteiger partial charge in [-0.2, -0.15) is 0 Å². The highest BCUT2D eigenvalue weighted by molar-refractivity contribution is 5.79. The Kier molecular flexibility index (Phi) is 5.32. The van der Waals surface area contributed by atoms with E-state index < -0.39 is 0 Å². The zero-order chi connectivity index (χ0) is 15.3. The van der Waals surface area contributed by atoms with Gasteiger partial charge >= 0.3 is 0 Å². The van der Waals surface area contributed by atoms with Gasteiger partial charge in [-0.05, 0) is 36.8 Å².